The van der Waals surface area contributed by atoms with Crippen molar-refractivity contribution in [2.75, 3.05) is 5.32 Å². The van der Waals surface area contributed by atoms with Gasteiger partial charge in [-0.05, 0) is 48.9 Å². The number of furan rings is 2. The van der Waals surface area contributed by atoms with E-state index < -0.39 is 11.9 Å². The quantitative estimate of drug-likeness (QED) is 0.455. The zero-order valence-corrected chi connectivity index (χ0v) is 16.2. The maximum absolute atomic E-state index is 12.4. The highest BCUT2D eigenvalue weighted by molar-refractivity contribution is 7.13. The van der Waals surface area contributed by atoms with Crippen LogP contribution in [0.15, 0.2) is 69.2 Å². The number of benzene rings is 1. The number of rotatable bonds is 6. The number of thiazole rings is 1. The summed E-state index contributed by atoms with van der Waals surface area (Å²) >= 11 is 1.41. The molecule has 3 heterocycles. The first-order valence-corrected chi connectivity index (χ1v) is 9.59. The molecule has 0 spiro atoms. The molecular formula is C21H16N2O5S. The van der Waals surface area contributed by atoms with E-state index in [2.05, 4.69) is 10.3 Å². The highest BCUT2D eigenvalue weighted by atomic mass is 32.1. The van der Waals surface area contributed by atoms with Gasteiger partial charge in [0.05, 0.1) is 23.8 Å². The van der Waals surface area contributed by atoms with E-state index in [0.717, 1.165) is 10.6 Å². The molecule has 29 heavy (non-hydrogen) atoms. The second-order valence-electron chi connectivity index (χ2n) is 6.16. The fraction of sp³-hybridized carbons (Fsp3) is 0.0952. The normalized spacial score (nSPS) is 10.7. The topological polar surface area (TPSA) is 94.6 Å². The number of aromatic nitrogens is 1. The number of ether oxygens (including phenoxy) is 1. The average Bonchev–Trinajstić information content (AvgIpc) is 3.49. The molecule has 7 nitrogen and oxygen atoms in total. The third kappa shape index (κ3) is 4.27. The molecule has 4 aromatic rings. The third-order valence-corrected chi connectivity index (χ3v) is 5.01. The van der Waals surface area contributed by atoms with E-state index in [4.69, 9.17) is 13.6 Å². The van der Waals surface area contributed by atoms with Gasteiger partial charge in [-0.15, -0.1) is 11.3 Å². The van der Waals surface area contributed by atoms with Crippen molar-refractivity contribution in [2.45, 2.75) is 13.5 Å². The predicted molar refractivity (Wildman–Crippen MR) is 107 cm³/mol. The molecule has 8 heteroatoms. The van der Waals surface area contributed by atoms with Crippen LogP contribution < -0.4 is 5.32 Å². The largest absolute Gasteiger partial charge is 0.462 e. The van der Waals surface area contributed by atoms with Crippen molar-refractivity contribution in [1.82, 2.24) is 4.98 Å². The Morgan fingerprint density at radius 2 is 1.97 bits per heavy atom. The first-order valence-electron chi connectivity index (χ1n) is 8.71. The van der Waals surface area contributed by atoms with Crippen LogP contribution in [0.4, 0.5) is 5.69 Å². The Morgan fingerprint density at radius 3 is 2.72 bits per heavy atom. The van der Waals surface area contributed by atoms with E-state index in [0.29, 0.717) is 22.7 Å². The Kier molecular flexibility index (Phi) is 5.26. The van der Waals surface area contributed by atoms with Crippen LogP contribution in [-0.2, 0) is 11.3 Å². The third-order valence-electron chi connectivity index (χ3n) is 4.10. The van der Waals surface area contributed by atoms with Crippen molar-refractivity contribution < 1.29 is 23.2 Å². The first kappa shape index (κ1) is 18.7. The molecule has 146 valence electrons. The molecule has 0 bridgehead atoms. The van der Waals surface area contributed by atoms with Crippen LogP contribution >= 0.6 is 11.3 Å². The Labute approximate surface area is 169 Å². The summed E-state index contributed by atoms with van der Waals surface area (Å²) < 4.78 is 15.8. The molecule has 0 radical (unpaired) electrons. The summed E-state index contributed by atoms with van der Waals surface area (Å²) in [5.41, 5.74) is 2.28. The molecule has 1 N–H and O–H groups in total. The summed E-state index contributed by atoms with van der Waals surface area (Å²) in [5, 5.41) is 5.28. The van der Waals surface area contributed by atoms with Crippen LogP contribution in [0.3, 0.4) is 0 Å². The average molecular weight is 408 g/mol. The van der Waals surface area contributed by atoms with Gasteiger partial charge >= 0.3 is 5.97 Å². The van der Waals surface area contributed by atoms with Crippen molar-refractivity contribution >= 4 is 28.9 Å². The molecule has 0 saturated heterocycles. The van der Waals surface area contributed by atoms with Gasteiger partial charge in [-0.25, -0.2) is 9.78 Å². The van der Waals surface area contributed by atoms with Gasteiger partial charge in [-0.2, -0.15) is 0 Å². The highest BCUT2D eigenvalue weighted by Gasteiger charge is 2.15. The minimum absolute atomic E-state index is 0.0397. The van der Waals surface area contributed by atoms with Crippen LogP contribution in [0.25, 0.3) is 10.8 Å². The molecule has 0 unspecified atom stereocenters. The molecule has 0 aliphatic heterocycles. The van der Waals surface area contributed by atoms with E-state index in [9.17, 15) is 9.59 Å². The second-order valence-corrected chi connectivity index (χ2v) is 7.02. The zero-order valence-electron chi connectivity index (χ0n) is 15.4. The number of hydrogen-bond donors (Lipinski definition) is 1. The van der Waals surface area contributed by atoms with Gasteiger partial charge < -0.3 is 18.9 Å². The summed E-state index contributed by atoms with van der Waals surface area (Å²) in [6.45, 7) is 1.87. The Morgan fingerprint density at radius 1 is 1.14 bits per heavy atom. The van der Waals surface area contributed by atoms with E-state index in [-0.39, 0.29) is 12.4 Å². The van der Waals surface area contributed by atoms with E-state index in [1.807, 2.05) is 18.4 Å². The van der Waals surface area contributed by atoms with Gasteiger partial charge in [0.1, 0.15) is 6.61 Å². The summed E-state index contributed by atoms with van der Waals surface area (Å²) in [6, 6.07) is 11.8. The fourth-order valence-corrected chi connectivity index (χ4v) is 3.36. The lowest BCUT2D eigenvalue weighted by Crippen LogP contribution is -2.13. The second kappa shape index (κ2) is 8.15. The van der Waals surface area contributed by atoms with Gasteiger partial charge in [0.2, 0.25) is 0 Å². The van der Waals surface area contributed by atoms with Gasteiger partial charge in [0.25, 0.3) is 5.91 Å². The monoisotopic (exact) mass is 408 g/mol. The van der Waals surface area contributed by atoms with Gasteiger partial charge in [-0.3, -0.25) is 4.79 Å². The summed E-state index contributed by atoms with van der Waals surface area (Å²) in [5.74, 6) is -0.0427. The van der Waals surface area contributed by atoms with Gasteiger partial charge in [-0.1, -0.05) is 6.07 Å². The number of nitrogens with one attached hydrogen (secondary N) is 1. The summed E-state index contributed by atoms with van der Waals surface area (Å²) in [4.78, 5) is 29.0. The number of carbonyl (C=O) groups excluding carboxylic acids is 2. The Hall–Kier alpha value is -3.65. The molecule has 3 aromatic heterocycles. The molecule has 0 saturated carbocycles. The van der Waals surface area contributed by atoms with Crippen LogP contribution in [-0.4, -0.2) is 16.9 Å². The maximum atomic E-state index is 12.4. The Balaban J connectivity index is 1.41. The van der Waals surface area contributed by atoms with Crippen molar-refractivity contribution in [3.05, 3.63) is 83.0 Å². The smallest absolute Gasteiger partial charge is 0.338 e. The van der Waals surface area contributed by atoms with Crippen molar-refractivity contribution in [1.29, 1.82) is 0 Å². The lowest BCUT2D eigenvalue weighted by Gasteiger charge is -2.09. The van der Waals surface area contributed by atoms with Crippen LogP contribution in [0.2, 0.25) is 0 Å². The summed E-state index contributed by atoms with van der Waals surface area (Å²) in [6.07, 6.45) is 3.00. The van der Waals surface area contributed by atoms with Crippen molar-refractivity contribution in [3.63, 3.8) is 0 Å². The number of hydrogen-bond acceptors (Lipinski definition) is 7. The molecule has 0 aliphatic carbocycles. The highest BCUT2D eigenvalue weighted by Crippen LogP contribution is 2.24. The minimum atomic E-state index is -0.508. The van der Waals surface area contributed by atoms with E-state index >= 15 is 0 Å². The Bertz CT molecular complexity index is 1130. The standard InChI is InChI=1S/C21H16N2O5S/c1-13-6-7-14(10-16(13)23-19(24)17-4-2-8-26-17)21(25)28-11-15-12-29-20(22-15)18-5-3-9-27-18/h2-10,12H,11H2,1H3,(H,23,24). The lowest BCUT2D eigenvalue weighted by atomic mass is 10.1. The molecule has 0 fully saturated rings. The molecule has 1 aromatic carbocycles. The lowest BCUT2D eigenvalue weighted by molar-refractivity contribution is 0.0468. The molecule has 4 rings (SSSR count). The van der Waals surface area contributed by atoms with Crippen molar-refractivity contribution in [3.8, 4) is 10.8 Å². The number of nitrogens with zero attached hydrogens (tertiary/aromatic N) is 1. The number of amides is 1. The minimum Gasteiger partial charge on any atom is -0.462 e. The number of esters is 1. The van der Waals surface area contributed by atoms with Gasteiger partial charge in [0, 0.05) is 11.1 Å². The zero-order chi connectivity index (χ0) is 20.2. The van der Waals surface area contributed by atoms with Crippen LogP contribution in [0.5, 0.6) is 0 Å². The van der Waals surface area contributed by atoms with E-state index in [1.165, 1.54) is 17.6 Å². The SMILES string of the molecule is Cc1ccc(C(=O)OCc2csc(-c3ccco3)n2)cc1NC(=O)c1ccco1. The summed E-state index contributed by atoms with van der Waals surface area (Å²) in [7, 11) is 0. The number of carbonyl (C=O) groups is 2. The fourth-order valence-electron chi connectivity index (χ4n) is 2.58. The van der Waals surface area contributed by atoms with Crippen LogP contribution in [0, 0.1) is 6.92 Å². The van der Waals surface area contributed by atoms with Gasteiger partial charge in [0.15, 0.2) is 16.5 Å². The number of anilines is 1. The molecule has 0 atom stereocenters. The first-order chi connectivity index (χ1) is 14.1. The van der Waals surface area contributed by atoms with Crippen LogP contribution in [0.1, 0.15) is 32.2 Å². The maximum Gasteiger partial charge on any atom is 0.338 e. The molecule has 0 aliphatic rings. The molecular weight excluding hydrogens is 392 g/mol. The van der Waals surface area contributed by atoms with Crippen molar-refractivity contribution in [2.24, 2.45) is 0 Å². The number of aryl methyl sites for hydroxylation is 1. The predicted octanol–water partition coefficient (Wildman–Crippen LogP) is 4.91. The molecule has 1 amide bonds. The van der Waals surface area contributed by atoms with E-state index in [1.54, 1.807) is 42.7 Å².